The van der Waals surface area contributed by atoms with E-state index in [0.29, 0.717) is 0 Å². The molecule has 1 aromatic carbocycles. The van der Waals surface area contributed by atoms with Gasteiger partial charge in [0, 0.05) is 6.04 Å². The van der Waals surface area contributed by atoms with Crippen LogP contribution in [-0.2, 0) is 6.42 Å². The maximum atomic E-state index is 5.95. The minimum atomic E-state index is 0.153. The second kappa shape index (κ2) is 6.11. The summed E-state index contributed by atoms with van der Waals surface area (Å²) >= 11 is 3.43. The first-order valence-electron chi connectivity index (χ1n) is 5.28. The molecule has 0 saturated carbocycles. The van der Waals surface area contributed by atoms with Crippen molar-refractivity contribution in [3.05, 3.63) is 22.2 Å². The maximum absolute atomic E-state index is 5.95. The average molecular weight is 288 g/mol. The van der Waals surface area contributed by atoms with Crippen LogP contribution < -0.4 is 15.2 Å². The highest BCUT2D eigenvalue weighted by Gasteiger charge is 2.11. The molecule has 16 heavy (non-hydrogen) atoms. The molecule has 0 bridgehead atoms. The predicted octanol–water partition coefficient (Wildman–Crippen LogP) is 2.75. The minimum Gasteiger partial charge on any atom is -0.496 e. The van der Waals surface area contributed by atoms with Crippen molar-refractivity contribution in [1.82, 2.24) is 0 Å². The third-order valence-corrected chi connectivity index (χ3v) is 3.18. The summed E-state index contributed by atoms with van der Waals surface area (Å²) < 4.78 is 11.5. The molecule has 0 amide bonds. The molecule has 1 rings (SSSR count). The molecule has 0 heterocycles. The van der Waals surface area contributed by atoms with Gasteiger partial charge in [0.15, 0.2) is 0 Å². The number of nitrogens with two attached hydrogens (primary N) is 1. The van der Waals surface area contributed by atoms with E-state index in [4.69, 9.17) is 15.2 Å². The third kappa shape index (κ3) is 3.12. The summed E-state index contributed by atoms with van der Waals surface area (Å²) in [6.45, 7) is 2.08. The SMILES string of the molecule is CC[C@@H](N)Cc1cc(OC)c(Br)cc1OC. The lowest BCUT2D eigenvalue weighted by Gasteiger charge is -2.15. The second-order valence-corrected chi connectivity index (χ2v) is 4.53. The molecule has 2 N–H and O–H groups in total. The summed E-state index contributed by atoms with van der Waals surface area (Å²) in [6.07, 6.45) is 1.74. The van der Waals surface area contributed by atoms with E-state index in [0.717, 1.165) is 34.4 Å². The molecule has 1 aromatic rings. The number of rotatable bonds is 5. The van der Waals surface area contributed by atoms with Crippen LogP contribution in [0.5, 0.6) is 11.5 Å². The van der Waals surface area contributed by atoms with Crippen LogP contribution in [0.15, 0.2) is 16.6 Å². The van der Waals surface area contributed by atoms with Crippen molar-refractivity contribution in [2.24, 2.45) is 5.73 Å². The number of hydrogen-bond acceptors (Lipinski definition) is 3. The van der Waals surface area contributed by atoms with E-state index in [-0.39, 0.29) is 6.04 Å². The lowest BCUT2D eigenvalue weighted by Crippen LogP contribution is -2.21. The van der Waals surface area contributed by atoms with Crippen molar-refractivity contribution < 1.29 is 9.47 Å². The molecule has 0 aliphatic carbocycles. The zero-order valence-electron chi connectivity index (χ0n) is 9.92. The van der Waals surface area contributed by atoms with Crippen molar-refractivity contribution in [3.63, 3.8) is 0 Å². The van der Waals surface area contributed by atoms with Gasteiger partial charge in [-0.3, -0.25) is 0 Å². The molecule has 0 unspecified atom stereocenters. The predicted molar refractivity (Wildman–Crippen MR) is 69.2 cm³/mol. The Morgan fingerprint density at radius 2 is 1.88 bits per heavy atom. The van der Waals surface area contributed by atoms with Crippen LogP contribution in [0.4, 0.5) is 0 Å². The van der Waals surface area contributed by atoms with Gasteiger partial charge in [-0.15, -0.1) is 0 Å². The van der Waals surface area contributed by atoms with Crippen molar-refractivity contribution in [3.8, 4) is 11.5 Å². The first-order valence-corrected chi connectivity index (χ1v) is 6.07. The summed E-state index contributed by atoms with van der Waals surface area (Å²) in [6, 6.07) is 4.04. The zero-order valence-corrected chi connectivity index (χ0v) is 11.5. The average Bonchev–Trinajstić information content (AvgIpc) is 2.30. The van der Waals surface area contributed by atoms with Crippen LogP contribution in [0.25, 0.3) is 0 Å². The van der Waals surface area contributed by atoms with Crippen LogP contribution in [-0.4, -0.2) is 20.3 Å². The van der Waals surface area contributed by atoms with Gasteiger partial charge in [-0.25, -0.2) is 0 Å². The molecule has 0 aromatic heterocycles. The van der Waals surface area contributed by atoms with Gasteiger partial charge < -0.3 is 15.2 Å². The molecule has 0 fully saturated rings. The van der Waals surface area contributed by atoms with E-state index in [2.05, 4.69) is 22.9 Å². The van der Waals surface area contributed by atoms with E-state index >= 15 is 0 Å². The summed E-state index contributed by atoms with van der Waals surface area (Å²) in [7, 11) is 3.31. The second-order valence-electron chi connectivity index (χ2n) is 3.67. The summed E-state index contributed by atoms with van der Waals surface area (Å²) in [5.74, 6) is 1.65. The Bertz CT molecular complexity index is 355. The molecule has 0 aliphatic heterocycles. The number of benzene rings is 1. The Morgan fingerprint density at radius 1 is 1.25 bits per heavy atom. The molecule has 0 spiro atoms. The minimum absolute atomic E-state index is 0.153. The largest absolute Gasteiger partial charge is 0.496 e. The Hall–Kier alpha value is -0.740. The number of halogens is 1. The van der Waals surface area contributed by atoms with Crippen LogP contribution in [0.3, 0.4) is 0 Å². The lowest BCUT2D eigenvalue weighted by atomic mass is 10.0. The number of ether oxygens (including phenoxy) is 2. The van der Waals surface area contributed by atoms with E-state index in [9.17, 15) is 0 Å². The fourth-order valence-electron chi connectivity index (χ4n) is 1.51. The molecular formula is C12H18BrNO2. The third-order valence-electron chi connectivity index (χ3n) is 2.56. The van der Waals surface area contributed by atoms with E-state index in [1.54, 1.807) is 14.2 Å². The summed E-state index contributed by atoms with van der Waals surface area (Å²) in [5.41, 5.74) is 7.03. The van der Waals surface area contributed by atoms with Gasteiger partial charge in [0.2, 0.25) is 0 Å². The molecule has 0 aliphatic rings. The van der Waals surface area contributed by atoms with Crippen LogP contribution in [0, 0.1) is 0 Å². The summed E-state index contributed by atoms with van der Waals surface area (Å²) in [5, 5.41) is 0. The maximum Gasteiger partial charge on any atom is 0.133 e. The Kier molecular flexibility index (Phi) is 5.09. The fourth-order valence-corrected chi connectivity index (χ4v) is 1.99. The van der Waals surface area contributed by atoms with Crippen LogP contribution >= 0.6 is 15.9 Å². The van der Waals surface area contributed by atoms with E-state index in [1.807, 2.05) is 12.1 Å². The molecule has 1 atom stereocenters. The van der Waals surface area contributed by atoms with Crippen molar-refractivity contribution >= 4 is 15.9 Å². The van der Waals surface area contributed by atoms with E-state index in [1.165, 1.54) is 0 Å². The highest BCUT2D eigenvalue weighted by atomic mass is 79.9. The Balaban J connectivity index is 3.04. The normalized spacial score (nSPS) is 12.3. The topological polar surface area (TPSA) is 44.5 Å². The molecule has 4 heteroatoms. The van der Waals surface area contributed by atoms with Crippen molar-refractivity contribution in [1.29, 1.82) is 0 Å². The highest BCUT2D eigenvalue weighted by molar-refractivity contribution is 9.10. The monoisotopic (exact) mass is 287 g/mol. The van der Waals surface area contributed by atoms with Gasteiger partial charge in [-0.2, -0.15) is 0 Å². The van der Waals surface area contributed by atoms with Crippen molar-refractivity contribution in [2.75, 3.05) is 14.2 Å². The van der Waals surface area contributed by atoms with Gasteiger partial charge >= 0.3 is 0 Å². The van der Waals surface area contributed by atoms with Gasteiger partial charge in [0.05, 0.1) is 18.7 Å². The van der Waals surface area contributed by atoms with E-state index < -0.39 is 0 Å². The zero-order chi connectivity index (χ0) is 12.1. The summed E-state index contributed by atoms with van der Waals surface area (Å²) in [4.78, 5) is 0. The van der Waals surface area contributed by atoms with Gasteiger partial charge in [0.25, 0.3) is 0 Å². The molecular weight excluding hydrogens is 270 g/mol. The first kappa shape index (κ1) is 13.3. The molecule has 90 valence electrons. The smallest absolute Gasteiger partial charge is 0.133 e. The standard InChI is InChI=1S/C12H18BrNO2/c1-4-9(14)5-8-6-12(16-3)10(13)7-11(8)15-2/h6-7,9H,4-5,14H2,1-3H3/t9-/m1/s1. The Morgan fingerprint density at radius 3 is 2.38 bits per heavy atom. The quantitative estimate of drug-likeness (QED) is 0.906. The lowest BCUT2D eigenvalue weighted by molar-refractivity contribution is 0.395. The van der Waals surface area contributed by atoms with Crippen LogP contribution in [0.2, 0.25) is 0 Å². The molecule has 0 saturated heterocycles. The van der Waals surface area contributed by atoms with Gasteiger partial charge in [-0.05, 0) is 46.5 Å². The fraction of sp³-hybridized carbons (Fsp3) is 0.500. The number of methoxy groups -OCH3 is 2. The highest BCUT2D eigenvalue weighted by Crippen LogP contribution is 2.33. The van der Waals surface area contributed by atoms with Crippen molar-refractivity contribution in [2.45, 2.75) is 25.8 Å². The molecule has 0 radical (unpaired) electrons. The Labute approximate surface area is 105 Å². The van der Waals surface area contributed by atoms with Gasteiger partial charge in [-0.1, -0.05) is 6.92 Å². The molecule has 3 nitrogen and oxygen atoms in total. The number of hydrogen-bond donors (Lipinski definition) is 1. The van der Waals surface area contributed by atoms with Crippen LogP contribution in [0.1, 0.15) is 18.9 Å². The van der Waals surface area contributed by atoms with Gasteiger partial charge in [0.1, 0.15) is 11.5 Å². The first-order chi connectivity index (χ1) is 7.62.